The van der Waals surface area contributed by atoms with Gasteiger partial charge < -0.3 is 19.8 Å². The van der Waals surface area contributed by atoms with Crippen LogP contribution in [0.4, 0.5) is 0 Å². The monoisotopic (exact) mass is 851 g/mol. The molecule has 0 bridgehead atoms. The Labute approximate surface area is 347 Å². The molecule has 2 aromatic heterocycles. The van der Waals surface area contributed by atoms with E-state index in [1.54, 1.807) is 51.5 Å². The summed E-state index contributed by atoms with van der Waals surface area (Å²) in [4.78, 5) is 64.7. The summed E-state index contributed by atoms with van der Waals surface area (Å²) >= 11 is 15.3. The highest BCUT2D eigenvalue weighted by Crippen LogP contribution is 2.47. The topological polar surface area (TPSA) is 160 Å². The fourth-order valence-corrected chi connectivity index (χ4v) is 8.75. The maximum atomic E-state index is 13.8. The second kappa shape index (κ2) is 16.2. The van der Waals surface area contributed by atoms with Crippen molar-refractivity contribution in [2.24, 2.45) is 11.1 Å². The number of amides is 1. The number of Topliss-reactive ketones (excluding diaryl/α,β-unsaturated/α-hetero) is 2. The van der Waals surface area contributed by atoms with Crippen LogP contribution in [-0.4, -0.2) is 71.6 Å². The zero-order chi connectivity index (χ0) is 41.6. The molecule has 16 heteroatoms. The highest BCUT2D eigenvalue weighted by Gasteiger charge is 2.53. The average Bonchev–Trinajstić information content (AvgIpc) is 3.59. The minimum atomic E-state index is -1.51. The zero-order valence-corrected chi connectivity index (χ0v) is 35.4. The van der Waals surface area contributed by atoms with Gasteiger partial charge in [0.2, 0.25) is 11.5 Å². The van der Waals surface area contributed by atoms with Crippen molar-refractivity contribution in [1.29, 1.82) is 0 Å². The Morgan fingerprint density at radius 2 is 1.70 bits per heavy atom. The molecule has 1 fully saturated rings. The van der Waals surface area contributed by atoms with Crippen molar-refractivity contribution in [3.63, 3.8) is 0 Å². The second-order valence-electron chi connectivity index (χ2n) is 15.2. The van der Waals surface area contributed by atoms with Crippen molar-refractivity contribution in [3.05, 3.63) is 97.3 Å². The van der Waals surface area contributed by atoms with Gasteiger partial charge in [0.15, 0.2) is 47.7 Å². The van der Waals surface area contributed by atoms with E-state index in [2.05, 4.69) is 10.1 Å². The summed E-state index contributed by atoms with van der Waals surface area (Å²) in [7, 11) is 0. The third-order valence-electron chi connectivity index (χ3n) is 9.18. The van der Waals surface area contributed by atoms with E-state index in [0.717, 1.165) is 11.1 Å². The molecule has 2 aromatic carbocycles. The van der Waals surface area contributed by atoms with Crippen LogP contribution in [0.25, 0.3) is 16.8 Å². The molecule has 0 unspecified atom stereocenters. The predicted octanol–water partition coefficient (Wildman–Crippen LogP) is 7.55. The molecule has 298 valence electrons. The van der Waals surface area contributed by atoms with Crippen LogP contribution in [0, 0.1) is 12.8 Å². The Balaban J connectivity index is 1.15. The van der Waals surface area contributed by atoms with Gasteiger partial charge in [0.1, 0.15) is 16.3 Å². The number of thioether (sulfide) groups is 1. The van der Waals surface area contributed by atoms with Crippen LogP contribution in [0.2, 0.25) is 10.0 Å². The van der Waals surface area contributed by atoms with Gasteiger partial charge in [-0.05, 0) is 52.7 Å². The standard InChI is InChI=1S/C41H40Cl2N4O8S2/c1-21(48)34-25(13-12-23-8-10-24(11-9-23)17-46-15-14-26-28(18-46)32(43)36(51)35(50)31(26)42)19-57-38-27(37(52)47(34)38)16-30(49)33(29-20-56-22(2)44-29)45-55-41(6,7)39(53)54-40(3,4)5/h8-15,18,20,27,38,51H,16-17,19H2,1-7H3/p+1/b13-12?,45-33-/t27-,38-/m1/s1. The lowest BCUT2D eigenvalue weighted by molar-refractivity contribution is -0.687. The third kappa shape index (κ3) is 8.89. The molecule has 2 N–H and O–H groups in total. The summed E-state index contributed by atoms with van der Waals surface area (Å²) in [6.45, 7) is 11.9. The van der Waals surface area contributed by atoms with Crippen molar-refractivity contribution in [2.45, 2.75) is 78.0 Å². The molecule has 4 aromatic rings. The number of β-lactam (4-membered cyclic amide) rings is 1. The number of thiazole rings is 1. The number of aryl methyl sites for hydroxylation is 1. The molecule has 12 nitrogen and oxygen atoms in total. The summed E-state index contributed by atoms with van der Waals surface area (Å²) in [6, 6.07) is 9.51. The van der Waals surface area contributed by atoms with Gasteiger partial charge in [0.25, 0.3) is 0 Å². The highest BCUT2D eigenvalue weighted by molar-refractivity contribution is 8.00. The number of phenols is 2. The minimum Gasteiger partial charge on any atom is -0.503 e. The first-order valence-corrected chi connectivity index (χ1v) is 20.6. The van der Waals surface area contributed by atoms with E-state index in [1.165, 1.54) is 48.8 Å². The van der Waals surface area contributed by atoms with Gasteiger partial charge >= 0.3 is 5.97 Å². The number of halogens is 2. The first kappa shape index (κ1) is 41.9. The molecule has 2 aliphatic rings. The van der Waals surface area contributed by atoms with Crippen LogP contribution in [0.3, 0.4) is 0 Å². The minimum absolute atomic E-state index is 0.00509. The SMILES string of the molecule is CC(=O)C1=C(C=Cc2ccc(C[n+]3ccc4c(Cl)c(O)c(O)c(Cl)c4c3)cc2)CS[C@@H]2[C@H](CC(=O)/C(=N\OC(C)(C)C(=O)OC(C)(C)C)c3csc(C)n3)C(=O)N12. The number of esters is 1. The molecule has 1 saturated heterocycles. The van der Waals surface area contributed by atoms with E-state index >= 15 is 0 Å². The smallest absolute Gasteiger partial charge is 0.353 e. The number of nitrogens with zero attached hydrogens (tertiary/aromatic N) is 4. The van der Waals surface area contributed by atoms with Crippen LogP contribution in [-0.2, 0) is 35.3 Å². The molecule has 0 saturated carbocycles. The number of hydrogen-bond acceptors (Lipinski definition) is 12. The van der Waals surface area contributed by atoms with Gasteiger partial charge in [-0.2, -0.15) is 0 Å². The van der Waals surface area contributed by atoms with Crippen molar-refractivity contribution in [1.82, 2.24) is 9.88 Å². The number of aromatic nitrogens is 2. The number of allylic oxidation sites excluding steroid dienone is 2. The molecule has 0 aliphatic carbocycles. The summed E-state index contributed by atoms with van der Waals surface area (Å²) < 4.78 is 7.34. The first-order valence-electron chi connectivity index (χ1n) is 17.9. The number of oxime groups is 1. The lowest BCUT2D eigenvalue weighted by atomic mass is 9.88. The maximum Gasteiger partial charge on any atom is 0.353 e. The summed E-state index contributed by atoms with van der Waals surface area (Å²) in [6.07, 6.45) is 7.08. The number of carbonyl (C=O) groups excluding carboxylic acids is 4. The van der Waals surface area contributed by atoms with E-state index < -0.39 is 45.7 Å². The van der Waals surface area contributed by atoms with Gasteiger partial charge in [-0.25, -0.2) is 14.3 Å². The van der Waals surface area contributed by atoms with Crippen LogP contribution < -0.4 is 4.57 Å². The largest absolute Gasteiger partial charge is 0.503 e. The molecule has 6 rings (SSSR count). The molecule has 2 aliphatic heterocycles. The normalized spacial score (nSPS) is 17.5. The Bertz CT molecular complexity index is 2400. The number of ketones is 2. The summed E-state index contributed by atoms with van der Waals surface area (Å²) in [5.41, 5.74) is 0.745. The van der Waals surface area contributed by atoms with Gasteiger partial charge in [-0.3, -0.25) is 19.3 Å². The maximum absolute atomic E-state index is 13.8. The van der Waals surface area contributed by atoms with Crippen molar-refractivity contribution in [2.75, 3.05) is 5.75 Å². The quantitative estimate of drug-likeness (QED) is 0.0364. The Morgan fingerprint density at radius 3 is 2.32 bits per heavy atom. The number of rotatable bonds is 12. The first-order chi connectivity index (χ1) is 26.8. The number of fused-ring (bicyclic) bond motifs is 2. The third-order valence-corrected chi connectivity index (χ3v) is 12.1. The number of benzene rings is 2. The van der Waals surface area contributed by atoms with E-state index in [9.17, 15) is 29.4 Å². The highest BCUT2D eigenvalue weighted by atomic mass is 35.5. The van der Waals surface area contributed by atoms with E-state index in [0.29, 0.717) is 39.3 Å². The number of pyridine rings is 1. The lowest BCUT2D eigenvalue weighted by Crippen LogP contribution is -2.61. The van der Waals surface area contributed by atoms with Crippen molar-refractivity contribution < 1.29 is 43.5 Å². The van der Waals surface area contributed by atoms with E-state index in [4.69, 9.17) is 32.8 Å². The van der Waals surface area contributed by atoms with Crippen molar-refractivity contribution in [3.8, 4) is 11.5 Å². The zero-order valence-electron chi connectivity index (χ0n) is 32.3. The van der Waals surface area contributed by atoms with Gasteiger partial charge in [0, 0.05) is 41.5 Å². The molecular weight excluding hydrogens is 812 g/mol. The Kier molecular flexibility index (Phi) is 11.9. The Morgan fingerprint density at radius 1 is 1.04 bits per heavy atom. The van der Waals surface area contributed by atoms with Crippen LogP contribution in [0.1, 0.15) is 69.8 Å². The number of aromatic hydroxyl groups is 2. The van der Waals surface area contributed by atoms with Crippen LogP contribution in [0.15, 0.2) is 70.6 Å². The fraction of sp³-hybridized carbons (Fsp3) is 0.341. The summed E-state index contributed by atoms with van der Waals surface area (Å²) in [5.74, 6) is -2.93. The number of hydrogen-bond donors (Lipinski definition) is 2. The molecule has 4 heterocycles. The second-order valence-corrected chi connectivity index (χ2v) is 18.1. The van der Waals surface area contributed by atoms with E-state index in [1.807, 2.05) is 41.0 Å². The molecule has 1 amide bonds. The van der Waals surface area contributed by atoms with Crippen LogP contribution >= 0.6 is 46.3 Å². The molecule has 2 atom stereocenters. The average molecular weight is 853 g/mol. The van der Waals surface area contributed by atoms with Gasteiger partial charge in [0.05, 0.1) is 32.4 Å². The summed E-state index contributed by atoms with van der Waals surface area (Å²) in [5, 5.41) is 27.2. The molecular formula is C41H41Cl2N4O8S2+. The Hall–Kier alpha value is -4.76. The van der Waals surface area contributed by atoms with Crippen molar-refractivity contribution >= 4 is 92.3 Å². The lowest BCUT2D eigenvalue weighted by Gasteiger charge is -2.49. The fourth-order valence-electron chi connectivity index (χ4n) is 6.28. The molecule has 0 spiro atoms. The predicted molar refractivity (Wildman–Crippen MR) is 220 cm³/mol. The van der Waals surface area contributed by atoms with Crippen LogP contribution in [0.5, 0.6) is 11.5 Å². The molecule has 0 radical (unpaired) electrons. The number of ether oxygens (including phenoxy) is 1. The molecule has 57 heavy (non-hydrogen) atoms. The van der Waals surface area contributed by atoms with Gasteiger partial charge in [-0.1, -0.05) is 64.8 Å². The number of carbonyl (C=O) groups is 4. The van der Waals surface area contributed by atoms with E-state index in [-0.39, 0.29) is 39.6 Å². The number of phenolic OH excluding ortho intramolecular Hbond substituents is 2. The van der Waals surface area contributed by atoms with Gasteiger partial charge in [-0.15, -0.1) is 23.1 Å².